The molecule has 0 heterocycles. The van der Waals surface area contributed by atoms with Crippen molar-refractivity contribution in [1.29, 1.82) is 0 Å². The molecule has 0 aliphatic rings. The molecule has 0 aromatic heterocycles. The van der Waals surface area contributed by atoms with Crippen LogP contribution in [0.2, 0.25) is 0 Å². The van der Waals surface area contributed by atoms with Crippen LogP contribution in [-0.4, -0.2) is 49.5 Å². The first kappa shape index (κ1) is 34.2. The summed E-state index contributed by atoms with van der Waals surface area (Å²) in [7, 11) is 6.00. The Morgan fingerprint density at radius 1 is 0.763 bits per heavy atom. The average Bonchev–Trinajstić information content (AvgIpc) is 2.81. The Labute approximate surface area is 227 Å². The minimum atomic E-state index is -0.642. The van der Waals surface area contributed by atoms with Crippen LogP contribution >= 0.6 is 0 Å². The maximum Gasteiger partial charge on any atom is 0.318 e. The average molecular weight is 524 g/mol. The third kappa shape index (κ3) is 13.5. The molecule has 0 aliphatic heterocycles. The molecule has 0 amide bonds. The van der Waals surface area contributed by atoms with Crippen molar-refractivity contribution in [2.75, 3.05) is 21.1 Å². The van der Waals surface area contributed by atoms with Crippen LogP contribution in [0.1, 0.15) is 51.7 Å². The maximum absolute atomic E-state index is 12.1. The van der Waals surface area contributed by atoms with Crippen molar-refractivity contribution in [1.82, 2.24) is 4.90 Å². The highest BCUT2D eigenvalue weighted by molar-refractivity contribution is 5.96. The van der Waals surface area contributed by atoms with Gasteiger partial charge in [0.1, 0.15) is 35.9 Å². The maximum atomic E-state index is 12.1. The van der Waals surface area contributed by atoms with Crippen LogP contribution in [0.15, 0.2) is 61.7 Å². The predicted octanol–water partition coefficient (Wildman–Crippen LogP) is 5.78. The Bertz CT molecular complexity index is 1110. The largest absolute Gasteiger partial charge is 0.426 e. The van der Waals surface area contributed by atoms with Crippen LogP contribution in [0.25, 0.3) is 11.1 Å². The molecule has 0 N–H and O–H groups in total. The molecule has 0 saturated heterocycles. The second-order valence-corrected chi connectivity index (χ2v) is 8.69. The van der Waals surface area contributed by atoms with Gasteiger partial charge in [0.2, 0.25) is 0 Å². The summed E-state index contributed by atoms with van der Waals surface area (Å²) in [4.78, 5) is 48.5. The van der Waals surface area contributed by atoms with E-state index in [1.165, 1.54) is 13.8 Å². The van der Waals surface area contributed by atoms with Gasteiger partial charge in [-0.25, -0.2) is 0 Å². The van der Waals surface area contributed by atoms with Gasteiger partial charge in [-0.3, -0.25) is 19.2 Å². The number of rotatable bonds is 11. The highest BCUT2D eigenvalue weighted by atomic mass is 16.5. The second kappa shape index (κ2) is 18.4. The molecule has 38 heavy (non-hydrogen) atoms. The van der Waals surface area contributed by atoms with Crippen molar-refractivity contribution >= 4 is 23.5 Å². The van der Waals surface area contributed by atoms with Crippen molar-refractivity contribution in [3.8, 4) is 22.6 Å². The zero-order valence-electron chi connectivity index (χ0n) is 23.8. The number of hydrogen-bond donors (Lipinski definition) is 0. The lowest BCUT2D eigenvalue weighted by molar-refractivity contribution is -0.139. The molecule has 7 nitrogen and oxygen atoms in total. The number of allylic oxidation sites excluding steroid dienone is 2. The molecule has 0 spiro atoms. The molecule has 2 aromatic rings. The Morgan fingerprint density at radius 2 is 1.24 bits per heavy atom. The van der Waals surface area contributed by atoms with Gasteiger partial charge in [0.15, 0.2) is 0 Å². The first-order chi connectivity index (χ1) is 18.0. The van der Waals surface area contributed by atoms with Gasteiger partial charge in [-0.1, -0.05) is 38.1 Å². The first-order valence-corrected chi connectivity index (χ1v) is 12.5. The zero-order valence-corrected chi connectivity index (χ0v) is 23.8. The zero-order chi connectivity index (χ0) is 29.3. The summed E-state index contributed by atoms with van der Waals surface area (Å²) < 4.78 is 10.8. The molecule has 0 unspecified atom stereocenters. The Balaban J connectivity index is 0.00000208. The molecular formula is C31H41NO6. The van der Waals surface area contributed by atoms with E-state index in [4.69, 9.17) is 9.47 Å². The minimum Gasteiger partial charge on any atom is -0.426 e. The van der Waals surface area contributed by atoms with Crippen LogP contribution in [0, 0.1) is 0 Å². The van der Waals surface area contributed by atoms with Crippen molar-refractivity contribution < 1.29 is 28.7 Å². The second-order valence-electron chi connectivity index (χ2n) is 8.69. The Morgan fingerprint density at radius 3 is 1.71 bits per heavy atom. The number of esters is 2. The molecule has 206 valence electrons. The third-order valence-corrected chi connectivity index (χ3v) is 4.39. The first-order valence-electron chi connectivity index (χ1n) is 12.5. The number of ketones is 2. The van der Waals surface area contributed by atoms with E-state index in [0.717, 1.165) is 11.1 Å². The van der Waals surface area contributed by atoms with E-state index in [2.05, 4.69) is 13.2 Å². The van der Waals surface area contributed by atoms with Crippen LogP contribution < -0.4 is 9.47 Å². The topological polar surface area (TPSA) is 90.0 Å². The minimum absolute atomic E-state index is 0.284. The van der Waals surface area contributed by atoms with E-state index in [1.54, 1.807) is 30.4 Å². The Hall–Kier alpha value is -3.84. The van der Waals surface area contributed by atoms with E-state index in [9.17, 15) is 19.2 Å². The van der Waals surface area contributed by atoms with Crippen LogP contribution in [0.3, 0.4) is 0 Å². The molecule has 0 radical (unpaired) electrons. The lowest BCUT2D eigenvalue weighted by Gasteiger charge is -2.15. The molecule has 0 fully saturated rings. The van der Waals surface area contributed by atoms with Gasteiger partial charge in [0.25, 0.3) is 0 Å². The van der Waals surface area contributed by atoms with Crippen LogP contribution in [0.4, 0.5) is 0 Å². The molecular weight excluding hydrogens is 482 g/mol. The normalized spacial score (nSPS) is 9.68. The van der Waals surface area contributed by atoms with E-state index in [-0.39, 0.29) is 24.4 Å². The monoisotopic (exact) mass is 523 g/mol. The quantitative estimate of drug-likeness (QED) is 0.159. The fourth-order valence-electron chi connectivity index (χ4n) is 3.07. The van der Waals surface area contributed by atoms with Gasteiger partial charge in [-0.05, 0) is 88.8 Å². The predicted molar refractivity (Wildman–Crippen MR) is 153 cm³/mol. The summed E-state index contributed by atoms with van der Waals surface area (Å²) in [5.74, 6) is -1.20. The molecule has 2 rings (SSSR count). The number of carbonyl (C=O) groups is 4. The fourth-order valence-corrected chi connectivity index (χ4v) is 3.07. The van der Waals surface area contributed by atoms with E-state index >= 15 is 0 Å². The number of benzene rings is 2. The highest BCUT2D eigenvalue weighted by Crippen LogP contribution is 2.35. The smallest absolute Gasteiger partial charge is 0.318 e. The fraction of sp³-hybridized carbons (Fsp3) is 0.355. The number of hydrogen-bond acceptors (Lipinski definition) is 7. The standard InChI is InChI=1S/C26H26O6.C3H9N.C2H6/c1-5-7-19-9-11-24(32-26(30)14-18(4)28)22(15-19)20-10-12-23(21(16-20)8-6-2)31-25(29)13-17(3)27;1-4(2)3;1-2/h5-6,9-12,15-16H,1-2,7-8,13-14H2,3-4H3;1-3H3;1-2H3. The van der Waals surface area contributed by atoms with E-state index in [1.807, 2.05) is 58.1 Å². The summed E-state index contributed by atoms with van der Waals surface area (Å²) >= 11 is 0. The van der Waals surface area contributed by atoms with Crippen molar-refractivity contribution in [3.63, 3.8) is 0 Å². The van der Waals surface area contributed by atoms with Gasteiger partial charge < -0.3 is 14.4 Å². The molecule has 0 aliphatic carbocycles. The number of Topliss-reactive ketones (excluding diaryl/α,β-unsaturated/α-hetero) is 2. The molecule has 0 saturated carbocycles. The highest BCUT2D eigenvalue weighted by Gasteiger charge is 2.16. The number of nitrogens with zero attached hydrogens (tertiary/aromatic N) is 1. The summed E-state index contributed by atoms with van der Waals surface area (Å²) in [6, 6.07) is 10.6. The SMILES string of the molecule is C=CCc1ccc(OC(=O)CC(C)=O)c(-c2ccc(OC(=O)CC(C)=O)c(CC=C)c2)c1.CC.CN(C)C. The summed E-state index contributed by atoms with van der Waals surface area (Å²) in [6.07, 6.45) is 3.84. The Kier molecular flexibility index (Phi) is 16.6. The van der Waals surface area contributed by atoms with Crippen LogP contribution in [-0.2, 0) is 32.0 Å². The van der Waals surface area contributed by atoms with Gasteiger partial charge in [0.05, 0.1) is 0 Å². The number of ether oxygens (including phenoxy) is 2. The van der Waals surface area contributed by atoms with Gasteiger partial charge in [0, 0.05) is 5.56 Å². The van der Waals surface area contributed by atoms with Gasteiger partial charge >= 0.3 is 11.9 Å². The van der Waals surface area contributed by atoms with Gasteiger partial charge in [-0.2, -0.15) is 0 Å². The van der Waals surface area contributed by atoms with Crippen LogP contribution in [0.5, 0.6) is 11.5 Å². The molecule has 7 heteroatoms. The van der Waals surface area contributed by atoms with E-state index in [0.29, 0.717) is 35.5 Å². The summed E-state index contributed by atoms with van der Waals surface area (Å²) in [5.41, 5.74) is 3.02. The molecule has 0 atom stereocenters. The summed E-state index contributed by atoms with van der Waals surface area (Å²) in [5, 5.41) is 0. The molecule has 0 bridgehead atoms. The van der Waals surface area contributed by atoms with E-state index < -0.39 is 11.9 Å². The van der Waals surface area contributed by atoms with Crippen molar-refractivity contribution in [2.45, 2.75) is 53.4 Å². The summed E-state index contributed by atoms with van der Waals surface area (Å²) in [6.45, 7) is 14.1. The lowest BCUT2D eigenvalue weighted by atomic mass is 9.97. The number of carbonyl (C=O) groups excluding carboxylic acids is 4. The van der Waals surface area contributed by atoms with Crippen molar-refractivity contribution in [2.24, 2.45) is 0 Å². The van der Waals surface area contributed by atoms with Gasteiger partial charge in [-0.15, -0.1) is 13.2 Å². The molecule has 2 aromatic carbocycles. The third-order valence-electron chi connectivity index (χ3n) is 4.39. The van der Waals surface area contributed by atoms with Crippen molar-refractivity contribution in [3.05, 3.63) is 72.8 Å². The lowest BCUT2D eigenvalue weighted by Crippen LogP contribution is -2.13.